The maximum absolute atomic E-state index is 11.3. The van der Waals surface area contributed by atoms with Crippen LogP contribution in [-0.4, -0.2) is 56.8 Å². The molecule has 0 radical (unpaired) electrons. The topological polar surface area (TPSA) is 52.6 Å². The van der Waals surface area contributed by atoms with Gasteiger partial charge < -0.3 is 14.0 Å². The lowest BCUT2D eigenvalue weighted by atomic mass is 10.4. The van der Waals surface area contributed by atoms with Gasteiger partial charge in [-0.1, -0.05) is 0 Å². The van der Waals surface area contributed by atoms with Crippen LogP contribution in [0.2, 0.25) is 0 Å². The van der Waals surface area contributed by atoms with E-state index in [9.17, 15) is 9.59 Å². The molecule has 0 aliphatic carbocycles. The van der Waals surface area contributed by atoms with Crippen molar-refractivity contribution in [1.29, 1.82) is 0 Å². The van der Waals surface area contributed by atoms with Crippen molar-refractivity contribution in [2.75, 3.05) is 34.3 Å². The summed E-state index contributed by atoms with van der Waals surface area (Å²) in [5.74, 6) is -0.982. The molecule has 5 heteroatoms. The van der Waals surface area contributed by atoms with Crippen molar-refractivity contribution >= 4 is 11.9 Å². The highest BCUT2D eigenvalue weighted by atomic mass is 16.6. The van der Waals surface area contributed by atoms with Gasteiger partial charge in [-0.2, -0.15) is 0 Å². The van der Waals surface area contributed by atoms with E-state index in [0.717, 1.165) is 11.0 Å². The largest absolute Gasteiger partial charge is 0.457 e. The number of nitrogens with zero attached hydrogens (tertiary/aromatic N) is 1. The summed E-state index contributed by atoms with van der Waals surface area (Å²) in [6.07, 6.45) is -0.824. The van der Waals surface area contributed by atoms with Gasteiger partial charge in [-0.15, -0.1) is 0 Å². The van der Waals surface area contributed by atoms with Gasteiger partial charge in [-0.05, 0) is 6.92 Å². The van der Waals surface area contributed by atoms with Crippen molar-refractivity contribution in [2.45, 2.75) is 20.0 Å². The number of rotatable bonds is 5. The smallest absolute Gasteiger partial charge is 0.347 e. The monoisotopic (exact) mass is 218 g/mol. The SMILES string of the molecule is CC(=O)O[C@H](C)C(=O)OCC[N+](C)(C)C. The maximum atomic E-state index is 11.3. The molecule has 0 saturated carbocycles. The molecule has 0 amide bonds. The Morgan fingerprint density at radius 3 is 2.20 bits per heavy atom. The quantitative estimate of drug-likeness (QED) is 0.488. The standard InChI is InChI=1S/C10H20NO4/c1-8(15-9(2)12)10(13)14-7-6-11(3,4)5/h8H,6-7H2,1-5H3/q+1/t8-/m1/s1. The van der Waals surface area contributed by atoms with E-state index >= 15 is 0 Å². The van der Waals surface area contributed by atoms with Crippen molar-refractivity contribution < 1.29 is 23.5 Å². The fraction of sp³-hybridized carbons (Fsp3) is 0.800. The first-order chi connectivity index (χ1) is 6.72. The minimum atomic E-state index is -0.824. The summed E-state index contributed by atoms with van der Waals surface area (Å²) < 4.78 is 10.3. The molecule has 0 aromatic carbocycles. The number of carbonyl (C=O) groups is 2. The van der Waals surface area contributed by atoms with E-state index in [0.29, 0.717) is 6.61 Å². The Kier molecular flexibility index (Phi) is 5.28. The average molecular weight is 218 g/mol. The van der Waals surface area contributed by atoms with E-state index in [1.54, 1.807) is 0 Å². The van der Waals surface area contributed by atoms with Gasteiger partial charge in [-0.3, -0.25) is 4.79 Å². The van der Waals surface area contributed by atoms with E-state index in [4.69, 9.17) is 4.74 Å². The van der Waals surface area contributed by atoms with E-state index in [-0.39, 0.29) is 0 Å². The zero-order chi connectivity index (χ0) is 12.1. The second-order valence-corrected chi connectivity index (χ2v) is 4.43. The Morgan fingerprint density at radius 1 is 1.27 bits per heavy atom. The van der Waals surface area contributed by atoms with Crippen LogP contribution in [-0.2, 0) is 19.1 Å². The van der Waals surface area contributed by atoms with Gasteiger partial charge in [0, 0.05) is 6.92 Å². The molecule has 0 saturated heterocycles. The number of hydrogen-bond acceptors (Lipinski definition) is 4. The molecule has 0 aromatic heterocycles. The molecule has 0 unspecified atom stereocenters. The fourth-order valence-corrected chi connectivity index (χ4v) is 0.835. The van der Waals surface area contributed by atoms with Gasteiger partial charge in [-0.25, -0.2) is 4.79 Å². The molecule has 0 aromatic rings. The number of ether oxygens (including phenoxy) is 2. The lowest BCUT2D eigenvalue weighted by Crippen LogP contribution is -2.38. The van der Waals surface area contributed by atoms with Crippen molar-refractivity contribution in [3.63, 3.8) is 0 Å². The first kappa shape index (κ1) is 13.9. The van der Waals surface area contributed by atoms with Gasteiger partial charge in [0.2, 0.25) is 0 Å². The van der Waals surface area contributed by atoms with Gasteiger partial charge in [0.1, 0.15) is 13.2 Å². The molecule has 0 bridgehead atoms. The van der Waals surface area contributed by atoms with Gasteiger partial charge >= 0.3 is 11.9 Å². The molecule has 0 aliphatic heterocycles. The van der Waals surface area contributed by atoms with Crippen LogP contribution in [0.4, 0.5) is 0 Å². The zero-order valence-electron chi connectivity index (χ0n) is 10.1. The Morgan fingerprint density at radius 2 is 1.80 bits per heavy atom. The van der Waals surface area contributed by atoms with Crippen LogP contribution < -0.4 is 0 Å². The van der Waals surface area contributed by atoms with E-state index in [1.165, 1.54) is 13.8 Å². The normalized spacial score (nSPS) is 13.1. The van der Waals surface area contributed by atoms with Crippen LogP contribution >= 0.6 is 0 Å². The summed E-state index contributed by atoms with van der Waals surface area (Å²) in [5.41, 5.74) is 0. The lowest BCUT2D eigenvalue weighted by molar-refractivity contribution is -0.870. The highest BCUT2D eigenvalue weighted by Crippen LogP contribution is 1.97. The second-order valence-electron chi connectivity index (χ2n) is 4.43. The fourth-order valence-electron chi connectivity index (χ4n) is 0.835. The maximum Gasteiger partial charge on any atom is 0.347 e. The predicted molar refractivity (Wildman–Crippen MR) is 55.1 cm³/mol. The van der Waals surface area contributed by atoms with E-state index in [1.807, 2.05) is 21.1 Å². The third-order valence-corrected chi connectivity index (χ3v) is 1.68. The van der Waals surface area contributed by atoms with Crippen LogP contribution in [0.25, 0.3) is 0 Å². The molecule has 15 heavy (non-hydrogen) atoms. The Balaban J connectivity index is 3.79. The average Bonchev–Trinajstić information content (AvgIpc) is 2.00. The molecule has 88 valence electrons. The summed E-state index contributed by atoms with van der Waals surface area (Å²) in [4.78, 5) is 21.8. The second kappa shape index (κ2) is 5.70. The molecule has 1 atom stereocenters. The van der Waals surface area contributed by atoms with Gasteiger partial charge in [0.05, 0.1) is 21.1 Å². The highest BCUT2D eigenvalue weighted by Gasteiger charge is 2.18. The molecule has 0 rings (SSSR count). The number of esters is 2. The zero-order valence-corrected chi connectivity index (χ0v) is 10.1. The Labute approximate surface area is 90.5 Å². The minimum Gasteiger partial charge on any atom is -0.457 e. The number of carbonyl (C=O) groups excluding carboxylic acids is 2. The summed E-state index contributed by atoms with van der Waals surface area (Å²) in [6, 6.07) is 0. The molecule has 0 N–H and O–H groups in total. The molecular formula is C10H20NO4+. The van der Waals surface area contributed by atoms with Crippen molar-refractivity contribution in [2.24, 2.45) is 0 Å². The summed E-state index contributed by atoms with van der Waals surface area (Å²) in [6.45, 7) is 3.80. The van der Waals surface area contributed by atoms with E-state index in [2.05, 4.69) is 4.74 Å². The van der Waals surface area contributed by atoms with Crippen LogP contribution in [0.3, 0.4) is 0 Å². The highest BCUT2D eigenvalue weighted by molar-refractivity contribution is 5.78. The van der Waals surface area contributed by atoms with Gasteiger partial charge in [0.15, 0.2) is 6.10 Å². The molecule has 0 fully saturated rings. The van der Waals surface area contributed by atoms with Gasteiger partial charge in [0.25, 0.3) is 0 Å². The van der Waals surface area contributed by atoms with Crippen molar-refractivity contribution in [1.82, 2.24) is 0 Å². The predicted octanol–water partition coefficient (Wildman–Crippen LogP) is 0.187. The third-order valence-electron chi connectivity index (χ3n) is 1.68. The number of hydrogen-bond donors (Lipinski definition) is 0. The van der Waals surface area contributed by atoms with Crippen LogP contribution in [0.5, 0.6) is 0 Å². The molecule has 0 heterocycles. The van der Waals surface area contributed by atoms with Crippen LogP contribution in [0.1, 0.15) is 13.8 Å². The van der Waals surface area contributed by atoms with Crippen LogP contribution in [0.15, 0.2) is 0 Å². The molecule has 0 spiro atoms. The third kappa shape index (κ3) is 7.93. The Bertz CT molecular complexity index is 232. The lowest BCUT2D eigenvalue weighted by Gasteiger charge is -2.23. The summed E-state index contributed by atoms with van der Waals surface area (Å²) in [5, 5.41) is 0. The van der Waals surface area contributed by atoms with Crippen molar-refractivity contribution in [3.8, 4) is 0 Å². The molecular weight excluding hydrogens is 198 g/mol. The molecule has 5 nitrogen and oxygen atoms in total. The van der Waals surface area contributed by atoms with E-state index < -0.39 is 18.0 Å². The Hall–Kier alpha value is -1.10. The summed E-state index contributed by atoms with van der Waals surface area (Å²) >= 11 is 0. The van der Waals surface area contributed by atoms with Crippen molar-refractivity contribution in [3.05, 3.63) is 0 Å². The number of quaternary nitrogens is 1. The summed E-state index contributed by atoms with van der Waals surface area (Å²) in [7, 11) is 6.01. The molecule has 0 aliphatic rings. The first-order valence-corrected chi connectivity index (χ1v) is 4.86. The first-order valence-electron chi connectivity index (χ1n) is 4.86. The minimum absolute atomic E-state index is 0.327. The van der Waals surface area contributed by atoms with Crippen LogP contribution in [0, 0.1) is 0 Å². The number of likely N-dealkylation sites (N-methyl/N-ethyl adjacent to an activating group) is 1.